The van der Waals surface area contributed by atoms with E-state index in [1.165, 1.54) is 19.4 Å². The molecule has 0 aliphatic carbocycles. The summed E-state index contributed by atoms with van der Waals surface area (Å²) >= 11 is 0. The third kappa shape index (κ3) is 2.58. The lowest BCUT2D eigenvalue weighted by Gasteiger charge is -1.95. The molecule has 0 saturated heterocycles. The van der Waals surface area contributed by atoms with Crippen LogP contribution in [0, 0.1) is 0 Å². The normalized spacial score (nSPS) is 10.1. The number of aromatic nitrogens is 5. The van der Waals surface area contributed by atoms with Crippen molar-refractivity contribution < 1.29 is 4.79 Å². The molecule has 0 atom stereocenters. The molecule has 0 spiro atoms. The molecule has 8 nitrogen and oxygen atoms in total. The van der Waals surface area contributed by atoms with Crippen molar-refractivity contribution >= 4 is 16.9 Å². The van der Waals surface area contributed by atoms with Crippen molar-refractivity contribution in [3.05, 3.63) is 56.8 Å². The van der Waals surface area contributed by atoms with E-state index in [1.54, 1.807) is 12.1 Å². The Morgan fingerprint density at radius 1 is 1.14 bits per heavy atom. The molecule has 2 N–H and O–H groups in total. The highest BCUT2D eigenvalue weighted by Crippen LogP contribution is 2.09. The minimum atomic E-state index is -0.607. The molecule has 8 heteroatoms. The molecule has 0 unspecified atom stereocenters. The molecule has 22 heavy (non-hydrogen) atoms. The first-order valence-corrected chi connectivity index (χ1v) is 6.71. The van der Waals surface area contributed by atoms with Gasteiger partial charge in [-0.2, -0.15) is 0 Å². The van der Waals surface area contributed by atoms with Crippen LogP contribution in [0.2, 0.25) is 0 Å². The van der Waals surface area contributed by atoms with Gasteiger partial charge in [-0.05, 0) is 12.1 Å². The predicted molar refractivity (Wildman–Crippen MR) is 81.0 cm³/mol. The zero-order valence-corrected chi connectivity index (χ0v) is 12.4. The van der Waals surface area contributed by atoms with Crippen LogP contribution in [-0.2, 0) is 7.05 Å². The number of hydrogen-bond acceptors (Lipinski definition) is 5. The maximum atomic E-state index is 12.2. The van der Waals surface area contributed by atoms with Crippen LogP contribution in [0.3, 0.4) is 0 Å². The minimum Gasteiger partial charge on any atom is -0.329 e. The van der Waals surface area contributed by atoms with Gasteiger partial charge in [0.15, 0.2) is 11.5 Å². The van der Waals surface area contributed by atoms with E-state index in [1.807, 2.05) is 13.8 Å². The van der Waals surface area contributed by atoms with E-state index >= 15 is 0 Å². The largest absolute Gasteiger partial charge is 0.329 e. The maximum Gasteiger partial charge on any atom is 0.329 e. The number of hydrogen-bond donors (Lipinski definition) is 2. The van der Waals surface area contributed by atoms with Crippen molar-refractivity contribution in [2.75, 3.05) is 0 Å². The van der Waals surface area contributed by atoms with Gasteiger partial charge < -0.3 is 4.98 Å². The second-order valence-electron chi connectivity index (χ2n) is 4.17. The van der Waals surface area contributed by atoms with Crippen LogP contribution in [0.4, 0.5) is 0 Å². The van der Waals surface area contributed by atoms with Gasteiger partial charge in [-0.25, -0.2) is 9.78 Å². The second kappa shape index (κ2) is 6.17. The average Bonchev–Trinajstić information content (AvgIpc) is 3.01. The highest BCUT2D eigenvalue weighted by molar-refractivity contribution is 6.07. The van der Waals surface area contributed by atoms with Gasteiger partial charge in [0.2, 0.25) is 5.78 Å². The van der Waals surface area contributed by atoms with Gasteiger partial charge in [-0.15, -0.1) is 0 Å². The number of pyridine rings is 1. The fourth-order valence-corrected chi connectivity index (χ4v) is 1.85. The Hall–Kier alpha value is -3.03. The van der Waals surface area contributed by atoms with Crippen LogP contribution in [-0.4, -0.2) is 30.3 Å². The van der Waals surface area contributed by atoms with Crippen LogP contribution in [0.15, 0.2) is 34.1 Å². The molecule has 0 aromatic carbocycles. The molecule has 0 amide bonds. The summed E-state index contributed by atoms with van der Waals surface area (Å²) in [6.45, 7) is 4.00. The Morgan fingerprint density at radius 3 is 2.41 bits per heavy atom. The zero-order chi connectivity index (χ0) is 16.3. The van der Waals surface area contributed by atoms with Crippen molar-refractivity contribution in [1.29, 1.82) is 0 Å². The molecule has 114 valence electrons. The Bertz CT molecular complexity index is 921. The van der Waals surface area contributed by atoms with Crippen molar-refractivity contribution in [1.82, 2.24) is 24.5 Å². The first kappa shape index (κ1) is 15.4. The molecule has 3 aromatic heterocycles. The molecule has 0 bridgehead atoms. The van der Waals surface area contributed by atoms with Crippen molar-refractivity contribution in [3.63, 3.8) is 0 Å². The summed E-state index contributed by atoms with van der Waals surface area (Å²) in [5, 5.41) is 0. The lowest BCUT2D eigenvalue weighted by atomic mass is 10.2. The lowest BCUT2D eigenvalue weighted by Crippen LogP contribution is -2.28. The Morgan fingerprint density at radius 2 is 1.77 bits per heavy atom. The summed E-state index contributed by atoms with van der Waals surface area (Å²) in [6.07, 6.45) is 2.97. The molecular weight excluding hydrogens is 286 g/mol. The van der Waals surface area contributed by atoms with Crippen LogP contribution >= 0.6 is 0 Å². The fourth-order valence-electron chi connectivity index (χ4n) is 1.85. The highest BCUT2D eigenvalue weighted by atomic mass is 16.2. The summed E-state index contributed by atoms with van der Waals surface area (Å²) < 4.78 is 1.16. The number of rotatable bonds is 2. The number of nitrogens with zero attached hydrogens (tertiary/aromatic N) is 3. The smallest absolute Gasteiger partial charge is 0.329 e. The standard InChI is InChI=1S/C12H9N5O3.C2H6/c1-17-10-7(11(19)16-12(17)20)14-9(15-10)8(18)6-2-4-13-5-3-6;1-2/h2-5H,1H3,(H,14,15)(H,16,19,20);1-2H3. The van der Waals surface area contributed by atoms with E-state index in [4.69, 9.17) is 0 Å². The van der Waals surface area contributed by atoms with Crippen molar-refractivity contribution in [3.8, 4) is 0 Å². The molecule has 0 saturated carbocycles. The second-order valence-corrected chi connectivity index (χ2v) is 4.17. The molecule has 0 radical (unpaired) electrons. The quantitative estimate of drug-likeness (QED) is 0.673. The number of fused-ring (bicyclic) bond motifs is 1. The summed E-state index contributed by atoms with van der Waals surface area (Å²) in [5.41, 5.74) is -0.581. The average molecular weight is 301 g/mol. The number of imidazole rings is 1. The van der Waals surface area contributed by atoms with Gasteiger partial charge >= 0.3 is 5.69 Å². The third-order valence-corrected chi connectivity index (χ3v) is 2.91. The third-order valence-electron chi connectivity index (χ3n) is 2.91. The van der Waals surface area contributed by atoms with Crippen LogP contribution in [0.5, 0.6) is 0 Å². The number of H-pyrrole nitrogens is 2. The van der Waals surface area contributed by atoms with Gasteiger partial charge in [-0.1, -0.05) is 13.8 Å². The zero-order valence-electron chi connectivity index (χ0n) is 12.4. The summed E-state index contributed by atoms with van der Waals surface area (Å²) in [5.74, 6) is -0.381. The Labute approximate surface area is 124 Å². The van der Waals surface area contributed by atoms with Crippen molar-refractivity contribution in [2.24, 2.45) is 7.05 Å². The van der Waals surface area contributed by atoms with E-state index in [0.717, 1.165) is 4.57 Å². The van der Waals surface area contributed by atoms with Crippen molar-refractivity contribution in [2.45, 2.75) is 13.8 Å². The molecule has 3 aromatic rings. The fraction of sp³-hybridized carbons (Fsp3) is 0.214. The van der Waals surface area contributed by atoms with E-state index in [-0.39, 0.29) is 22.8 Å². The summed E-state index contributed by atoms with van der Waals surface area (Å²) in [6, 6.07) is 3.08. The minimum absolute atomic E-state index is 0.00194. The molecule has 3 heterocycles. The van der Waals surface area contributed by atoms with E-state index in [2.05, 4.69) is 19.9 Å². The molecule has 0 fully saturated rings. The van der Waals surface area contributed by atoms with Gasteiger partial charge in [0.05, 0.1) is 0 Å². The molecule has 0 aliphatic heterocycles. The van der Waals surface area contributed by atoms with Gasteiger partial charge in [-0.3, -0.25) is 24.1 Å². The molecule has 3 rings (SSSR count). The SMILES string of the molecule is CC.Cn1c(=O)[nH]c(=O)c2[nH]c(C(=O)c3ccncc3)nc21. The first-order chi connectivity index (χ1) is 10.6. The van der Waals surface area contributed by atoms with Crippen LogP contribution in [0.25, 0.3) is 11.2 Å². The number of carbonyl (C=O) groups is 1. The van der Waals surface area contributed by atoms with E-state index in [9.17, 15) is 14.4 Å². The first-order valence-electron chi connectivity index (χ1n) is 6.71. The Balaban J connectivity index is 0.000000847. The molecular formula is C14H15N5O3. The summed E-state index contributed by atoms with van der Waals surface area (Å²) in [4.78, 5) is 48.0. The number of aryl methyl sites for hydroxylation is 1. The lowest BCUT2D eigenvalue weighted by molar-refractivity contribution is 0.103. The summed E-state index contributed by atoms with van der Waals surface area (Å²) in [7, 11) is 1.46. The number of nitrogens with one attached hydrogen (secondary N) is 2. The number of aromatic amines is 2. The Kier molecular flexibility index (Phi) is 4.31. The molecule has 0 aliphatic rings. The van der Waals surface area contributed by atoms with Gasteiger partial charge in [0.1, 0.15) is 5.52 Å². The van der Waals surface area contributed by atoms with Gasteiger partial charge in [0, 0.05) is 25.0 Å². The van der Waals surface area contributed by atoms with E-state index in [0.29, 0.717) is 5.56 Å². The topological polar surface area (TPSA) is 114 Å². The number of carbonyl (C=O) groups excluding carboxylic acids is 1. The highest BCUT2D eigenvalue weighted by Gasteiger charge is 2.17. The monoisotopic (exact) mass is 301 g/mol. The van der Waals surface area contributed by atoms with Crippen LogP contribution < -0.4 is 11.2 Å². The maximum absolute atomic E-state index is 12.2. The predicted octanol–water partition coefficient (Wildman–Crippen LogP) is 0.602. The van der Waals surface area contributed by atoms with Crippen LogP contribution in [0.1, 0.15) is 30.0 Å². The van der Waals surface area contributed by atoms with Gasteiger partial charge in [0.25, 0.3) is 5.56 Å². The van der Waals surface area contributed by atoms with E-state index < -0.39 is 11.2 Å². The number of ketones is 1.